The van der Waals surface area contributed by atoms with Crippen LogP contribution in [0, 0.1) is 0 Å². The maximum atomic E-state index is 12.8. The number of rotatable bonds is 4. The van der Waals surface area contributed by atoms with Crippen LogP contribution in [0.2, 0.25) is 0 Å². The molecule has 0 amide bonds. The number of aromatic carboxylic acids is 1. The summed E-state index contributed by atoms with van der Waals surface area (Å²) in [4.78, 5) is 10.7. The van der Waals surface area contributed by atoms with E-state index in [1.165, 1.54) is 0 Å². The van der Waals surface area contributed by atoms with Gasteiger partial charge in [0, 0.05) is 0 Å². The van der Waals surface area contributed by atoms with E-state index in [9.17, 15) is 18.0 Å². The summed E-state index contributed by atoms with van der Waals surface area (Å²) in [6, 6.07) is 0. The summed E-state index contributed by atoms with van der Waals surface area (Å²) in [5, 5.41) is 14.9. The van der Waals surface area contributed by atoms with Crippen molar-refractivity contribution in [3.63, 3.8) is 0 Å². The molecular weight excluding hydrogens is 267 g/mol. The summed E-state index contributed by atoms with van der Waals surface area (Å²) in [7, 11) is 0. The standard InChI is InChI=1S/C10H14F3N3O3/c1-9(2,3)19-5-4-16-7(10(11,12)13)6(8(17)18)14-15-16/h4-5H2,1-3H3,(H,17,18). The van der Waals surface area contributed by atoms with Crippen molar-refractivity contribution >= 4 is 5.97 Å². The second-order valence-corrected chi connectivity index (χ2v) is 4.77. The molecule has 1 N–H and O–H groups in total. The molecule has 0 atom stereocenters. The Hall–Kier alpha value is -1.64. The molecule has 0 aromatic carbocycles. The molecule has 1 aromatic rings. The van der Waals surface area contributed by atoms with Crippen molar-refractivity contribution in [3.05, 3.63) is 11.4 Å². The van der Waals surface area contributed by atoms with Gasteiger partial charge in [-0.3, -0.25) is 0 Å². The van der Waals surface area contributed by atoms with Crippen LogP contribution in [-0.4, -0.2) is 38.3 Å². The lowest BCUT2D eigenvalue weighted by Crippen LogP contribution is -2.24. The number of ether oxygens (including phenoxy) is 1. The first-order chi connectivity index (χ1) is 8.52. The topological polar surface area (TPSA) is 77.2 Å². The van der Waals surface area contributed by atoms with Gasteiger partial charge in [0.1, 0.15) is 0 Å². The summed E-state index contributed by atoms with van der Waals surface area (Å²) in [5.74, 6) is -1.77. The molecule has 0 bridgehead atoms. The minimum absolute atomic E-state index is 0.0327. The van der Waals surface area contributed by atoms with Crippen LogP contribution in [0.3, 0.4) is 0 Å². The van der Waals surface area contributed by atoms with Gasteiger partial charge in [-0.1, -0.05) is 5.21 Å². The maximum absolute atomic E-state index is 12.8. The fourth-order valence-corrected chi connectivity index (χ4v) is 1.33. The van der Waals surface area contributed by atoms with Crippen molar-refractivity contribution in [3.8, 4) is 0 Å². The summed E-state index contributed by atoms with van der Waals surface area (Å²) in [6.45, 7) is 4.99. The number of hydrogen-bond donors (Lipinski definition) is 1. The molecular formula is C10H14F3N3O3. The monoisotopic (exact) mass is 281 g/mol. The van der Waals surface area contributed by atoms with E-state index in [2.05, 4.69) is 10.3 Å². The van der Waals surface area contributed by atoms with Gasteiger partial charge in [0.15, 0.2) is 5.69 Å². The average Bonchev–Trinajstić information content (AvgIpc) is 2.58. The molecule has 0 radical (unpaired) electrons. The Kier molecular flexibility index (Phi) is 4.18. The fraction of sp³-hybridized carbons (Fsp3) is 0.700. The number of carbonyl (C=O) groups is 1. The smallest absolute Gasteiger partial charge is 0.435 e. The predicted octanol–water partition coefficient (Wildman–Crippen LogP) is 1.81. The zero-order valence-electron chi connectivity index (χ0n) is 10.7. The molecule has 1 aromatic heterocycles. The van der Waals surface area contributed by atoms with Gasteiger partial charge < -0.3 is 9.84 Å². The van der Waals surface area contributed by atoms with Gasteiger partial charge in [-0.15, -0.1) is 5.10 Å². The van der Waals surface area contributed by atoms with Crippen molar-refractivity contribution < 1.29 is 27.8 Å². The molecule has 0 aliphatic heterocycles. The Balaban J connectivity index is 2.93. The molecule has 0 saturated carbocycles. The average molecular weight is 281 g/mol. The van der Waals surface area contributed by atoms with Crippen molar-refractivity contribution in [2.75, 3.05) is 6.61 Å². The minimum atomic E-state index is -4.83. The largest absolute Gasteiger partial charge is 0.476 e. The normalized spacial score (nSPS) is 12.7. The van der Waals surface area contributed by atoms with Crippen LogP contribution in [-0.2, 0) is 17.5 Å². The highest BCUT2D eigenvalue weighted by Crippen LogP contribution is 2.31. The molecule has 1 rings (SSSR count). The molecule has 19 heavy (non-hydrogen) atoms. The Labute approximate surface area is 107 Å². The second-order valence-electron chi connectivity index (χ2n) is 4.77. The first-order valence-corrected chi connectivity index (χ1v) is 5.40. The van der Waals surface area contributed by atoms with E-state index in [0.717, 1.165) is 0 Å². The molecule has 6 nitrogen and oxygen atoms in total. The van der Waals surface area contributed by atoms with E-state index >= 15 is 0 Å². The van der Waals surface area contributed by atoms with Gasteiger partial charge in [0.25, 0.3) is 0 Å². The molecule has 0 aliphatic rings. The lowest BCUT2D eigenvalue weighted by atomic mass is 10.2. The third-order valence-electron chi connectivity index (χ3n) is 2.04. The van der Waals surface area contributed by atoms with Gasteiger partial charge in [-0.2, -0.15) is 13.2 Å². The quantitative estimate of drug-likeness (QED) is 0.910. The van der Waals surface area contributed by atoms with Crippen molar-refractivity contribution in [2.45, 2.75) is 39.1 Å². The molecule has 0 fully saturated rings. The number of carboxylic acid groups (broad SMARTS) is 1. The van der Waals surface area contributed by atoms with Crippen molar-refractivity contribution in [1.82, 2.24) is 15.0 Å². The number of aromatic nitrogens is 3. The van der Waals surface area contributed by atoms with Gasteiger partial charge in [-0.05, 0) is 20.8 Å². The first kappa shape index (κ1) is 15.4. The molecule has 0 spiro atoms. The van der Waals surface area contributed by atoms with Crippen molar-refractivity contribution in [1.29, 1.82) is 0 Å². The van der Waals surface area contributed by atoms with Gasteiger partial charge in [0.05, 0.1) is 18.8 Å². The van der Waals surface area contributed by atoms with E-state index in [4.69, 9.17) is 9.84 Å². The maximum Gasteiger partial charge on any atom is 0.435 e. The fourth-order valence-electron chi connectivity index (χ4n) is 1.33. The predicted molar refractivity (Wildman–Crippen MR) is 57.7 cm³/mol. The Bertz CT molecular complexity index is 463. The molecule has 108 valence electrons. The van der Waals surface area contributed by atoms with Crippen LogP contribution in [0.4, 0.5) is 13.2 Å². The first-order valence-electron chi connectivity index (χ1n) is 5.40. The van der Waals surface area contributed by atoms with Crippen LogP contribution in [0.25, 0.3) is 0 Å². The van der Waals surface area contributed by atoms with Crippen LogP contribution < -0.4 is 0 Å². The highest BCUT2D eigenvalue weighted by molar-refractivity contribution is 5.86. The highest BCUT2D eigenvalue weighted by Gasteiger charge is 2.41. The van der Waals surface area contributed by atoms with E-state index < -0.39 is 29.1 Å². The van der Waals surface area contributed by atoms with Crippen LogP contribution in [0.5, 0.6) is 0 Å². The van der Waals surface area contributed by atoms with E-state index in [-0.39, 0.29) is 13.2 Å². The van der Waals surface area contributed by atoms with Gasteiger partial charge in [-0.25, -0.2) is 9.48 Å². The zero-order valence-corrected chi connectivity index (χ0v) is 10.7. The molecule has 0 saturated heterocycles. The number of halogens is 3. The number of alkyl halides is 3. The molecule has 9 heteroatoms. The summed E-state index contributed by atoms with van der Waals surface area (Å²) in [5.41, 5.74) is -2.99. The summed E-state index contributed by atoms with van der Waals surface area (Å²) in [6.07, 6.45) is -4.83. The van der Waals surface area contributed by atoms with Crippen LogP contribution in [0.15, 0.2) is 0 Å². The number of carboxylic acids is 1. The summed E-state index contributed by atoms with van der Waals surface area (Å²) < 4.78 is 44.0. The second kappa shape index (κ2) is 5.16. The third kappa shape index (κ3) is 4.19. The van der Waals surface area contributed by atoms with Crippen LogP contribution >= 0.6 is 0 Å². The Morgan fingerprint density at radius 3 is 2.37 bits per heavy atom. The van der Waals surface area contributed by atoms with Gasteiger partial charge in [0.2, 0.25) is 5.69 Å². The van der Waals surface area contributed by atoms with Gasteiger partial charge >= 0.3 is 12.1 Å². The zero-order chi connectivity index (χ0) is 14.8. The molecule has 1 heterocycles. The lowest BCUT2D eigenvalue weighted by molar-refractivity contribution is -0.145. The Morgan fingerprint density at radius 1 is 1.37 bits per heavy atom. The number of hydrogen-bond acceptors (Lipinski definition) is 4. The minimum Gasteiger partial charge on any atom is -0.476 e. The lowest BCUT2D eigenvalue weighted by Gasteiger charge is -2.19. The van der Waals surface area contributed by atoms with E-state index in [1.807, 2.05) is 0 Å². The molecule has 0 aliphatic carbocycles. The Morgan fingerprint density at radius 2 is 1.95 bits per heavy atom. The van der Waals surface area contributed by atoms with Crippen LogP contribution in [0.1, 0.15) is 37.0 Å². The van der Waals surface area contributed by atoms with E-state index in [1.54, 1.807) is 20.8 Å². The highest BCUT2D eigenvalue weighted by atomic mass is 19.4. The van der Waals surface area contributed by atoms with E-state index in [0.29, 0.717) is 4.68 Å². The third-order valence-corrected chi connectivity index (χ3v) is 2.04. The SMILES string of the molecule is CC(C)(C)OCCn1nnc(C(=O)O)c1C(F)(F)F. The number of nitrogens with zero attached hydrogens (tertiary/aromatic N) is 3. The van der Waals surface area contributed by atoms with Crippen molar-refractivity contribution in [2.24, 2.45) is 0 Å². The molecule has 0 unspecified atom stereocenters. The summed E-state index contributed by atoms with van der Waals surface area (Å²) >= 11 is 0.